The Morgan fingerprint density at radius 2 is 2.18 bits per heavy atom. The van der Waals surface area contributed by atoms with Gasteiger partial charge in [0.05, 0.1) is 0 Å². The summed E-state index contributed by atoms with van der Waals surface area (Å²) in [6.07, 6.45) is 4.82. The minimum atomic E-state index is 1.01. The van der Waals surface area contributed by atoms with Crippen molar-refractivity contribution in [3.8, 4) is 0 Å². The van der Waals surface area contributed by atoms with Gasteiger partial charge in [-0.25, -0.2) is 4.98 Å². The van der Waals surface area contributed by atoms with Crippen molar-refractivity contribution in [1.29, 1.82) is 0 Å². The molecule has 1 aromatic rings. The molecule has 3 nitrogen and oxygen atoms in total. The van der Waals surface area contributed by atoms with Gasteiger partial charge in [0.15, 0.2) is 0 Å². The van der Waals surface area contributed by atoms with E-state index in [1.54, 1.807) is 0 Å². The molecule has 0 aromatic carbocycles. The summed E-state index contributed by atoms with van der Waals surface area (Å²) in [4.78, 5) is 7.21. The smallest absolute Gasteiger partial charge is 0.128 e. The molecule has 2 rings (SSSR count). The third-order valence-corrected chi connectivity index (χ3v) is 3.36. The van der Waals surface area contributed by atoms with E-state index < -0.39 is 0 Å². The van der Waals surface area contributed by atoms with Crippen LogP contribution in [-0.2, 0) is 12.8 Å². The number of nitrogens with one attached hydrogen (secondary N) is 1. The van der Waals surface area contributed by atoms with Crippen molar-refractivity contribution < 1.29 is 0 Å². The van der Waals surface area contributed by atoms with E-state index in [1.165, 1.54) is 30.5 Å². The van der Waals surface area contributed by atoms with E-state index in [2.05, 4.69) is 29.3 Å². The lowest BCUT2D eigenvalue weighted by molar-refractivity contribution is 0.701. The number of hydrogen-bond donors (Lipinski definition) is 1. The van der Waals surface area contributed by atoms with Crippen LogP contribution in [0, 0.1) is 0 Å². The summed E-state index contributed by atoms with van der Waals surface area (Å²) in [5, 5.41) is 3.21. The van der Waals surface area contributed by atoms with Crippen LogP contribution in [0.5, 0.6) is 0 Å². The fourth-order valence-electron chi connectivity index (χ4n) is 2.44. The molecule has 0 saturated heterocycles. The third-order valence-electron chi connectivity index (χ3n) is 3.36. The van der Waals surface area contributed by atoms with Crippen LogP contribution >= 0.6 is 0 Å². The normalized spacial score (nSPS) is 13.8. The number of pyridine rings is 1. The van der Waals surface area contributed by atoms with Gasteiger partial charge in [-0.15, -0.1) is 0 Å². The molecule has 94 valence electrons. The zero-order chi connectivity index (χ0) is 12.1. The quantitative estimate of drug-likeness (QED) is 0.814. The molecular formula is C14H23N3. The number of hydrogen-bond acceptors (Lipinski definition) is 3. The summed E-state index contributed by atoms with van der Waals surface area (Å²) >= 11 is 0. The third kappa shape index (κ3) is 2.97. The zero-order valence-electron chi connectivity index (χ0n) is 11.0. The lowest BCUT2D eigenvalue weighted by Crippen LogP contribution is -2.32. The molecular weight excluding hydrogens is 210 g/mol. The lowest BCUT2D eigenvalue weighted by atomic mass is 10.2. The second-order valence-electron chi connectivity index (χ2n) is 4.72. The highest BCUT2D eigenvalue weighted by atomic mass is 15.2. The molecule has 1 heterocycles. The van der Waals surface area contributed by atoms with Gasteiger partial charge < -0.3 is 10.2 Å². The molecule has 0 fully saturated rings. The first kappa shape index (κ1) is 12.4. The van der Waals surface area contributed by atoms with Gasteiger partial charge in [-0.3, -0.25) is 0 Å². The van der Waals surface area contributed by atoms with Gasteiger partial charge in [0, 0.05) is 25.3 Å². The van der Waals surface area contributed by atoms with Crippen LogP contribution in [0.4, 0.5) is 5.82 Å². The van der Waals surface area contributed by atoms with Gasteiger partial charge in [0.25, 0.3) is 0 Å². The minimum Gasteiger partial charge on any atom is -0.355 e. The summed E-state index contributed by atoms with van der Waals surface area (Å²) in [6.45, 7) is 5.36. The van der Waals surface area contributed by atoms with Crippen LogP contribution in [0.3, 0.4) is 0 Å². The largest absolute Gasteiger partial charge is 0.355 e. The summed E-state index contributed by atoms with van der Waals surface area (Å²) in [7, 11) is 2.00. The standard InChI is InChI=1S/C14H23N3/c1-3-10-17(11-9-15-2)14-8-7-12-5-4-6-13(12)16-14/h7-8,15H,3-6,9-11H2,1-2H3. The van der Waals surface area contributed by atoms with E-state index in [1.807, 2.05) is 7.05 Å². The van der Waals surface area contributed by atoms with Crippen molar-refractivity contribution in [3.05, 3.63) is 23.4 Å². The number of aromatic nitrogens is 1. The maximum Gasteiger partial charge on any atom is 0.128 e. The van der Waals surface area contributed by atoms with Gasteiger partial charge in [-0.05, 0) is 44.4 Å². The Kier molecular flexibility index (Phi) is 4.37. The molecule has 3 heteroatoms. The average Bonchev–Trinajstić information content (AvgIpc) is 2.81. The Balaban J connectivity index is 2.11. The van der Waals surface area contributed by atoms with E-state index in [0.29, 0.717) is 0 Å². The Hall–Kier alpha value is -1.09. The van der Waals surface area contributed by atoms with Crippen molar-refractivity contribution in [2.45, 2.75) is 32.6 Å². The molecule has 17 heavy (non-hydrogen) atoms. The number of nitrogens with zero attached hydrogens (tertiary/aromatic N) is 2. The number of likely N-dealkylation sites (N-methyl/N-ethyl adjacent to an activating group) is 1. The monoisotopic (exact) mass is 233 g/mol. The molecule has 0 atom stereocenters. The van der Waals surface area contributed by atoms with E-state index in [0.717, 1.165) is 31.9 Å². The Morgan fingerprint density at radius 1 is 1.29 bits per heavy atom. The molecule has 0 bridgehead atoms. The topological polar surface area (TPSA) is 28.2 Å². The van der Waals surface area contributed by atoms with Crippen LogP contribution in [0.1, 0.15) is 31.0 Å². The highest BCUT2D eigenvalue weighted by Crippen LogP contribution is 2.23. The van der Waals surface area contributed by atoms with Crippen molar-refractivity contribution in [2.24, 2.45) is 0 Å². The fraction of sp³-hybridized carbons (Fsp3) is 0.643. The van der Waals surface area contributed by atoms with Gasteiger partial charge >= 0.3 is 0 Å². The number of aryl methyl sites for hydroxylation is 2. The van der Waals surface area contributed by atoms with Crippen molar-refractivity contribution >= 4 is 5.82 Å². The fourth-order valence-corrected chi connectivity index (χ4v) is 2.44. The lowest BCUT2D eigenvalue weighted by Gasteiger charge is -2.23. The average molecular weight is 233 g/mol. The first-order valence-corrected chi connectivity index (χ1v) is 6.73. The SMILES string of the molecule is CCCN(CCNC)c1ccc2c(n1)CCC2. The number of anilines is 1. The molecule has 1 N–H and O–H groups in total. The summed E-state index contributed by atoms with van der Waals surface area (Å²) in [5.41, 5.74) is 2.78. The second kappa shape index (κ2) is 6.01. The number of rotatable bonds is 6. The molecule has 1 aliphatic rings. The first-order chi connectivity index (χ1) is 8.35. The van der Waals surface area contributed by atoms with Crippen LogP contribution in [0.15, 0.2) is 12.1 Å². The minimum absolute atomic E-state index is 1.01. The molecule has 0 spiro atoms. The summed E-state index contributed by atoms with van der Waals surface area (Å²) in [5.74, 6) is 1.16. The molecule has 1 aromatic heterocycles. The molecule has 1 aliphatic carbocycles. The number of fused-ring (bicyclic) bond motifs is 1. The van der Waals surface area contributed by atoms with Crippen molar-refractivity contribution in [3.63, 3.8) is 0 Å². The first-order valence-electron chi connectivity index (χ1n) is 6.73. The van der Waals surface area contributed by atoms with Crippen LogP contribution < -0.4 is 10.2 Å². The van der Waals surface area contributed by atoms with Crippen LogP contribution in [0.2, 0.25) is 0 Å². The van der Waals surface area contributed by atoms with Crippen molar-refractivity contribution in [1.82, 2.24) is 10.3 Å². The Morgan fingerprint density at radius 3 is 2.94 bits per heavy atom. The molecule has 0 saturated carbocycles. The van der Waals surface area contributed by atoms with Gasteiger partial charge in [-0.1, -0.05) is 13.0 Å². The predicted octanol–water partition coefficient (Wildman–Crippen LogP) is 2.01. The predicted molar refractivity (Wildman–Crippen MR) is 72.7 cm³/mol. The highest BCUT2D eigenvalue weighted by molar-refractivity contribution is 5.43. The van der Waals surface area contributed by atoms with E-state index in [9.17, 15) is 0 Å². The van der Waals surface area contributed by atoms with Crippen LogP contribution in [-0.4, -0.2) is 31.7 Å². The van der Waals surface area contributed by atoms with Crippen LogP contribution in [0.25, 0.3) is 0 Å². The molecule has 0 radical (unpaired) electrons. The second-order valence-corrected chi connectivity index (χ2v) is 4.72. The summed E-state index contributed by atoms with van der Waals surface area (Å²) < 4.78 is 0. The van der Waals surface area contributed by atoms with Gasteiger partial charge in [0.1, 0.15) is 5.82 Å². The maximum atomic E-state index is 4.82. The van der Waals surface area contributed by atoms with Gasteiger partial charge in [0.2, 0.25) is 0 Å². The van der Waals surface area contributed by atoms with Gasteiger partial charge in [-0.2, -0.15) is 0 Å². The highest BCUT2D eigenvalue weighted by Gasteiger charge is 2.14. The molecule has 0 aliphatic heterocycles. The maximum absolute atomic E-state index is 4.82. The van der Waals surface area contributed by atoms with E-state index >= 15 is 0 Å². The van der Waals surface area contributed by atoms with E-state index in [-0.39, 0.29) is 0 Å². The summed E-state index contributed by atoms with van der Waals surface area (Å²) in [6, 6.07) is 4.46. The Bertz CT molecular complexity index is 362. The van der Waals surface area contributed by atoms with Crippen molar-refractivity contribution in [2.75, 3.05) is 31.6 Å². The zero-order valence-corrected chi connectivity index (χ0v) is 11.0. The molecule has 0 amide bonds. The van der Waals surface area contributed by atoms with E-state index in [4.69, 9.17) is 4.98 Å². The Labute approximate surface area is 104 Å². The molecule has 0 unspecified atom stereocenters.